The van der Waals surface area contributed by atoms with Gasteiger partial charge in [-0.1, -0.05) is 29.8 Å². The number of anilines is 1. The molecule has 0 amide bonds. The van der Waals surface area contributed by atoms with Gasteiger partial charge < -0.3 is 24.8 Å². The lowest BCUT2D eigenvalue weighted by molar-refractivity contribution is -0.159. The standard InChI is InChI=1S/C19H21N3O.C2H2O4/c1-14-5-4-6-15(11-14)12-20-19-21-13-18(22(19)2)16-7-9-17(23-3)10-8-16;3-1(4)2(5)6/h4-11,13H,12H2,1-3H3,(H,20,21);(H,3,4)(H,5,6). The van der Waals surface area contributed by atoms with Crippen LogP contribution in [-0.2, 0) is 23.2 Å². The fraction of sp³-hybridized carbons (Fsp3) is 0.190. The predicted octanol–water partition coefficient (Wildman–Crippen LogP) is 3.17. The highest BCUT2D eigenvalue weighted by Crippen LogP contribution is 2.24. The van der Waals surface area contributed by atoms with Crippen molar-refractivity contribution >= 4 is 17.9 Å². The van der Waals surface area contributed by atoms with Crippen LogP contribution in [-0.4, -0.2) is 38.8 Å². The molecule has 3 N–H and O–H groups in total. The van der Waals surface area contributed by atoms with Gasteiger partial charge in [-0.2, -0.15) is 0 Å². The summed E-state index contributed by atoms with van der Waals surface area (Å²) in [6.07, 6.45) is 1.89. The van der Waals surface area contributed by atoms with Crippen LogP contribution in [0.15, 0.2) is 54.7 Å². The van der Waals surface area contributed by atoms with Gasteiger partial charge >= 0.3 is 11.9 Å². The van der Waals surface area contributed by atoms with Gasteiger partial charge in [-0.25, -0.2) is 14.6 Å². The van der Waals surface area contributed by atoms with Crippen molar-refractivity contribution in [1.29, 1.82) is 0 Å². The van der Waals surface area contributed by atoms with E-state index < -0.39 is 11.9 Å². The molecule has 0 radical (unpaired) electrons. The highest BCUT2D eigenvalue weighted by molar-refractivity contribution is 6.27. The van der Waals surface area contributed by atoms with E-state index in [2.05, 4.69) is 46.1 Å². The zero-order chi connectivity index (χ0) is 21.4. The molecule has 0 spiro atoms. The zero-order valence-corrected chi connectivity index (χ0v) is 16.4. The van der Waals surface area contributed by atoms with Gasteiger partial charge in [0.15, 0.2) is 0 Å². The molecule has 0 atom stereocenters. The summed E-state index contributed by atoms with van der Waals surface area (Å²) in [5.74, 6) is -1.93. The number of aromatic nitrogens is 2. The van der Waals surface area contributed by atoms with Gasteiger partial charge in [0, 0.05) is 19.2 Å². The van der Waals surface area contributed by atoms with E-state index in [4.69, 9.17) is 24.5 Å². The maximum absolute atomic E-state index is 9.10. The Morgan fingerprint density at radius 3 is 2.31 bits per heavy atom. The van der Waals surface area contributed by atoms with Gasteiger partial charge in [-0.05, 0) is 36.8 Å². The van der Waals surface area contributed by atoms with Crippen LogP contribution in [0.5, 0.6) is 5.75 Å². The molecular formula is C21H23N3O5. The summed E-state index contributed by atoms with van der Waals surface area (Å²) in [7, 11) is 3.69. The fourth-order valence-electron chi connectivity index (χ4n) is 2.61. The first-order valence-electron chi connectivity index (χ1n) is 8.73. The number of carbonyl (C=O) groups is 2. The lowest BCUT2D eigenvalue weighted by Crippen LogP contribution is -2.09. The smallest absolute Gasteiger partial charge is 0.414 e. The van der Waals surface area contributed by atoms with Gasteiger partial charge in [-0.15, -0.1) is 0 Å². The minimum Gasteiger partial charge on any atom is -0.497 e. The number of ether oxygens (including phenoxy) is 1. The molecule has 0 saturated heterocycles. The molecule has 2 aromatic carbocycles. The monoisotopic (exact) mass is 397 g/mol. The number of carboxylic acid groups (broad SMARTS) is 2. The SMILES string of the molecule is COc1ccc(-c2cnc(NCc3cccc(C)c3)n2C)cc1.O=C(O)C(=O)O. The summed E-state index contributed by atoms with van der Waals surface area (Å²) < 4.78 is 7.27. The molecule has 3 aromatic rings. The second kappa shape index (κ2) is 9.93. The number of hydrogen-bond acceptors (Lipinski definition) is 5. The Bertz CT molecular complexity index is 968. The molecule has 0 fully saturated rings. The third-order valence-electron chi connectivity index (χ3n) is 4.09. The Hall–Kier alpha value is -3.81. The minimum atomic E-state index is -1.82. The molecule has 8 heteroatoms. The van der Waals surface area contributed by atoms with Crippen molar-refractivity contribution in [3.63, 3.8) is 0 Å². The molecule has 152 valence electrons. The largest absolute Gasteiger partial charge is 0.497 e. The second-order valence-electron chi connectivity index (χ2n) is 6.21. The molecule has 3 rings (SSSR count). The number of nitrogens with one attached hydrogen (secondary N) is 1. The molecule has 1 heterocycles. The summed E-state index contributed by atoms with van der Waals surface area (Å²) in [6, 6.07) is 16.5. The molecule has 29 heavy (non-hydrogen) atoms. The van der Waals surface area contributed by atoms with E-state index in [1.165, 1.54) is 11.1 Å². The summed E-state index contributed by atoms with van der Waals surface area (Å²) in [5.41, 5.74) is 4.70. The fourth-order valence-corrected chi connectivity index (χ4v) is 2.61. The Balaban J connectivity index is 0.000000438. The van der Waals surface area contributed by atoms with E-state index in [1.807, 2.05) is 37.5 Å². The summed E-state index contributed by atoms with van der Waals surface area (Å²) in [4.78, 5) is 22.7. The third-order valence-corrected chi connectivity index (χ3v) is 4.09. The van der Waals surface area contributed by atoms with E-state index in [0.29, 0.717) is 0 Å². The topological polar surface area (TPSA) is 114 Å². The molecule has 8 nitrogen and oxygen atoms in total. The van der Waals surface area contributed by atoms with Gasteiger partial charge in [-0.3, -0.25) is 0 Å². The van der Waals surface area contributed by atoms with Crippen molar-refractivity contribution in [2.24, 2.45) is 7.05 Å². The van der Waals surface area contributed by atoms with Crippen molar-refractivity contribution in [3.8, 4) is 17.0 Å². The molecular weight excluding hydrogens is 374 g/mol. The van der Waals surface area contributed by atoms with Crippen molar-refractivity contribution in [2.75, 3.05) is 12.4 Å². The van der Waals surface area contributed by atoms with E-state index in [1.54, 1.807) is 7.11 Å². The van der Waals surface area contributed by atoms with Crippen LogP contribution in [0, 0.1) is 6.92 Å². The molecule has 0 bridgehead atoms. The van der Waals surface area contributed by atoms with Gasteiger partial charge in [0.1, 0.15) is 5.75 Å². The van der Waals surface area contributed by atoms with Gasteiger partial charge in [0.2, 0.25) is 5.95 Å². The van der Waals surface area contributed by atoms with E-state index >= 15 is 0 Å². The number of rotatable bonds is 5. The van der Waals surface area contributed by atoms with E-state index in [9.17, 15) is 0 Å². The maximum atomic E-state index is 9.10. The lowest BCUT2D eigenvalue weighted by atomic mass is 10.1. The number of methoxy groups -OCH3 is 1. The van der Waals surface area contributed by atoms with E-state index in [-0.39, 0.29) is 0 Å². The first-order valence-corrected chi connectivity index (χ1v) is 8.73. The first kappa shape index (κ1) is 21.5. The van der Waals surface area contributed by atoms with Crippen LogP contribution in [0.2, 0.25) is 0 Å². The summed E-state index contributed by atoms with van der Waals surface area (Å²) in [6.45, 7) is 2.86. The average Bonchev–Trinajstić information content (AvgIpc) is 3.07. The Kier molecular flexibility index (Phi) is 7.36. The summed E-state index contributed by atoms with van der Waals surface area (Å²) >= 11 is 0. The second-order valence-corrected chi connectivity index (χ2v) is 6.21. The first-order chi connectivity index (χ1) is 13.8. The van der Waals surface area contributed by atoms with Crippen molar-refractivity contribution in [3.05, 3.63) is 65.9 Å². The average molecular weight is 397 g/mol. The maximum Gasteiger partial charge on any atom is 0.414 e. The highest BCUT2D eigenvalue weighted by Gasteiger charge is 2.08. The molecule has 0 aliphatic carbocycles. The van der Waals surface area contributed by atoms with Crippen LogP contribution in [0.1, 0.15) is 11.1 Å². The number of benzene rings is 2. The van der Waals surface area contributed by atoms with Gasteiger partial charge in [0.25, 0.3) is 0 Å². The summed E-state index contributed by atoms with van der Waals surface area (Å²) in [5, 5.41) is 18.2. The van der Waals surface area contributed by atoms with Crippen LogP contribution in [0.25, 0.3) is 11.3 Å². The van der Waals surface area contributed by atoms with Crippen molar-refractivity contribution < 1.29 is 24.5 Å². The van der Waals surface area contributed by atoms with E-state index in [0.717, 1.165) is 29.5 Å². The van der Waals surface area contributed by atoms with Crippen LogP contribution >= 0.6 is 0 Å². The highest BCUT2D eigenvalue weighted by atomic mass is 16.5. The predicted molar refractivity (Wildman–Crippen MR) is 109 cm³/mol. The Morgan fingerprint density at radius 2 is 1.76 bits per heavy atom. The third kappa shape index (κ3) is 6.10. The number of carboxylic acids is 2. The lowest BCUT2D eigenvalue weighted by Gasteiger charge is -2.09. The van der Waals surface area contributed by atoms with Crippen LogP contribution < -0.4 is 10.1 Å². The molecule has 0 aliphatic heterocycles. The molecule has 1 aromatic heterocycles. The van der Waals surface area contributed by atoms with Crippen molar-refractivity contribution in [2.45, 2.75) is 13.5 Å². The number of aryl methyl sites for hydroxylation is 1. The van der Waals surface area contributed by atoms with Crippen molar-refractivity contribution in [1.82, 2.24) is 9.55 Å². The zero-order valence-electron chi connectivity index (χ0n) is 16.4. The van der Waals surface area contributed by atoms with Gasteiger partial charge in [0.05, 0.1) is 19.0 Å². The minimum absolute atomic E-state index is 0.759. The Morgan fingerprint density at radius 1 is 1.10 bits per heavy atom. The molecule has 0 saturated carbocycles. The number of nitrogens with zero attached hydrogens (tertiary/aromatic N) is 2. The molecule has 0 aliphatic rings. The Labute approximate surface area is 168 Å². The number of hydrogen-bond donors (Lipinski definition) is 3. The molecule has 0 unspecified atom stereocenters. The number of imidazole rings is 1. The normalized spacial score (nSPS) is 9.90. The quantitative estimate of drug-likeness (QED) is 0.567. The van der Waals surface area contributed by atoms with Crippen LogP contribution in [0.4, 0.5) is 5.95 Å². The number of aliphatic carboxylic acids is 2. The van der Waals surface area contributed by atoms with Crippen LogP contribution in [0.3, 0.4) is 0 Å².